The van der Waals surface area contributed by atoms with Crippen molar-refractivity contribution >= 4 is 51.1 Å². The highest BCUT2D eigenvalue weighted by Gasteiger charge is 2.20. The van der Waals surface area contributed by atoms with Crippen molar-refractivity contribution in [2.24, 2.45) is 10.4 Å². The molecule has 0 radical (unpaired) electrons. The van der Waals surface area contributed by atoms with Crippen LogP contribution in [0.2, 0.25) is 0 Å². The van der Waals surface area contributed by atoms with Crippen LogP contribution in [0.1, 0.15) is 38.0 Å². The van der Waals surface area contributed by atoms with E-state index < -0.39 is 9.84 Å². The summed E-state index contributed by atoms with van der Waals surface area (Å²) >= 11 is 1.76. The summed E-state index contributed by atoms with van der Waals surface area (Å²) in [6, 6.07) is 4.20. The first-order chi connectivity index (χ1) is 10.6. The number of guanidine groups is 1. The third kappa shape index (κ3) is 9.83. The summed E-state index contributed by atoms with van der Waals surface area (Å²) in [7, 11) is -1.18. The molecule has 1 aromatic heterocycles. The predicted molar refractivity (Wildman–Crippen MR) is 116 cm³/mol. The van der Waals surface area contributed by atoms with Gasteiger partial charge in [-0.3, -0.25) is 4.99 Å². The molecule has 0 saturated carbocycles. The first kappa shape index (κ1) is 23.6. The zero-order valence-corrected chi connectivity index (χ0v) is 19.1. The fourth-order valence-corrected chi connectivity index (χ4v) is 3.73. The highest BCUT2D eigenvalue weighted by atomic mass is 127. The Labute approximate surface area is 167 Å². The zero-order chi connectivity index (χ0) is 17.5. The number of hydrogen-bond donors (Lipinski definition) is 2. The Bertz CT molecular complexity index is 599. The number of sulfone groups is 1. The van der Waals surface area contributed by atoms with Gasteiger partial charge in [-0.1, -0.05) is 26.8 Å². The molecule has 24 heavy (non-hydrogen) atoms. The first-order valence-electron chi connectivity index (χ1n) is 7.78. The smallest absolute Gasteiger partial charge is 0.191 e. The topological polar surface area (TPSA) is 70.6 Å². The van der Waals surface area contributed by atoms with E-state index in [2.05, 4.69) is 53.9 Å². The van der Waals surface area contributed by atoms with Crippen LogP contribution in [0.25, 0.3) is 0 Å². The number of thiophene rings is 1. The lowest BCUT2D eigenvalue weighted by atomic mass is 9.90. The van der Waals surface area contributed by atoms with E-state index in [-0.39, 0.29) is 35.1 Å². The van der Waals surface area contributed by atoms with Crippen LogP contribution < -0.4 is 10.6 Å². The van der Waals surface area contributed by atoms with Gasteiger partial charge in [0.05, 0.1) is 5.75 Å². The van der Waals surface area contributed by atoms with E-state index in [4.69, 9.17) is 0 Å². The molecule has 2 N–H and O–H groups in total. The van der Waals surface area contributed by atoms with E-state index in [0.29, 0.717) is 18.9 Å². The third-order valence-corrected chi connectivity index (χ3v) is 5.76. The van der Waals surface area contributed by atoms with E-state index in [0.717, 1.165) is 12.5 Å². The average molecular weight is 487 g/mol. The van der Waals surface area contributed by atoms with Crippen LogP contribution in [0, 0.1) is 5.41 Å². The molecule has 0 spiro atoms. The second kappa shape index (κ2) is 10.6. The normalized spacial score (nSPS) is 14.0. The van der Waals surface area contributed by atoms with Gasteiger partial charge in [0.15, 0.2) is 5.96 Å². The molecule has 1 aromatic rings. The number of hydrogen-bond acceptors (Lipinski definition) is 4. The van der Waals surface area contributed by atoms with Gasteiger partial charge in [-0.2, -0.15) is 0 Å². The molecule has 0 aromatic carbocycles. The van der Waals surface area contributed by atoms with E-state index in [1.54, 1.807) is 18.4 Å². The summed E-state index contributed by atoms with van der Waals surface area (Å²) in [5.74, 6) is 1.39. The fourth-order valence-electron chi connectivity index (χ4n) is 2.02. The van der Waals surface area contributed by atoms with Gasteiger partial charge in [-0.15, -0.1) is 35.3 Å². The third-order valence-electron chi connectivity index (χ3n) is 3.71. The molecule has 0 saturated heterocycles. The Hall–Kier alpha value is -0.350. The Morgan fingerprint density at radius 3 is 2.54 bits per heavy atom. The van der Waals surface area contributed by atoms with Crippen LogP contribution in [0.5, 0.6) is 0 Å². The summed E-state index contributed by atoms with van der Waals surface area (Å²) in [6.45, 7) is 7.79. The molecule has 5 nitrogen and oxygen atoms in total. The Kier molecular flexibility index (Phi) is 10.4. The number of halogens is 1. The van der Waals surface area contributed by atoms with Crippen molar-refractivity contribution in [2.75, 3.05) is 32.1 Å². The molecule has 0 fully saturated rings. The zero-order valence-electron chi connectivity index (χ0n) is 15.1. The van der Waals surface area contributed by atoms with Crippen molar-refractivity contribution in [3.05, 3.63) is 22.4 Å². The van der Waals surface area contributed by atoms with Gasteiger partial charge in [0.25, 0.3) is 0 Å². The Balaban J connectivity index is 0.00000529. The van der Waals surface area contributed by atoms with E-state index >= 15 is 0 Å². The van der Waals surface area contributed by atoms with Crippen LogP contribution >= 0.6 is 35.3 Å². The van der Waals surface area contributed by atoms with Gasteiger partial charge in [0, 0.05) is 37.2 Å². The summed E-state index contributed by atoms with van der Waals surface area (Å²) in [5, 5.41) is 8.71. The molecule has 1 rings (SSSR count). The van der Waals surface area contributed by atoms with Crippen LogP contribution in [0.4, 0.5) is 0 Å². The summed E-state index contributed by atoms with van der Waals surface area (Å²) in [5.41, 5.74) is -0.111. The van der Waals surface area contributed by atoms with Gasteiger partial charge in [-0.05, 0) is 23.3 Å². The maximum atomic E-state index is 11.3. The molecule has 1 unspecified atom stereocenters. The van der Waals surface area contributed by atoms with Gasteiger partial charge in [0.2, 0.25) is 0 Å². The molecule has 0 amide bonds. The van der Waals surface area contributed by atoms with Crippen molar-refractivity contribution in [2.45, 2.75) is 33.1 Å². The molecule has 0 aliphatic rings. The lowest BCUT2D eigenvalue weighted by Gasteiger charge is -2.26. The second-order valence-corrected chi connectivity index (χ2v) is 10.0. The number of nitrogens with one attached hydrogen (secondary N) is 2. The van der Waals surface area contributed by atoms with Crippen LogP contribution in [-0.4, -0.2) is 46.5 Å². The minimum atomic E-state index is -2.92. The molecule has 140 valence electrons. The Morgan fingerprint density at radius 2 is 2.04 bits per heavy atom. The maximum Gasteiger partial charge on any atom is 0.191 e. The van der Waals surface area contributed by atoms with Crippen molar-refractivity contribution < 1.29 is 8.42 Å². The van der Waals surface area contributed by atoms with E-state index in [1.165, 1.54) is 11.1 Å². The number of aliphatic imine (C=N–C) groups is 1. The van der Waals surface area contributed by atoms with Crippen molar-refractivity contribution in [1.82, 2.24) is 10.6 Å². The van der Waals surface area contributed by atoms with Crippen molar-refractivity contribution in [3.8, 4) is 0 Å². The van der Waals surface area contributed by atoms with E-state index in [9.17, 15) is 8.42 Å². The van der Waals surface area contributed by atoms with Gasteiger partial charge in [0.1, 0.15) is 9.84 Å². The summed E-state index contributed by atoms with van der Waals surface area (Å²) in [6.07, 6.45) is 1.91. The number of nitrogens with zero attached hydrogens (tertiary/aromatic N) is 1. The van der Waals surface area contributed by atoms with E-state index in [1.807, 2.05) is 0 Å². The quantitative estimate of drug-likeness (QED) is 0.336. The highest BCUT2D eigenvalue weighted by molar-refractivity contribution is 14.0. The molecule has 1 atom stereocenters. The Morgan fingerprint density at radius 1 is 1.38 bits per heavy atom. The molecule has 8 heteroatoms. The monoisotopic (exact) mass is 487 g/mol. The van der Waals surface area contributed by atoms with Crippen molar-refractivity contribution in [3.63, 3.8) is 0 Å². The lowest BCUT2D eigenvalue weighted by Crippen LogP contribution is -2.43. The van der Waals surface area contributed by atoms with Crippen molar-refractivity contribution in [1.29, 1.82) is 0 Å². The maximum absolute atomic E-state index is 11.3. The summed E-state index contributed by atoms with van der Waals surface area (Å²) < 4.78 is 22.6. The van der Waals surface area contributed by atoms with Crippen LogP contribution in [-0.2, 0) is 9.84 Å². The van der Waals surface area contributed by atoms with Gasteiger partial charge >= 0.3 is 0 Å². The van der Waals surface area contributed by atoms with Crippen LogP contribution in [0.3, 0.4) is 0 Å². The molecular formula is C16H30IN3O2S2. The SMILES string of the molecule is CN=C(NCC(C)c1cccs1)NCC(C)(C)CCS(C)(=O)=O.I. The average Bonchev–Trinajstić information content (AvgIpc) is 2.99. The lowest BCUT2D eigenvalue weighted by molar-refractivity contribution is 0.348. The molecule has 0 bridgehead atoms. The minimum absolute atomic E-state index is 0. The molecule has 0 aliphatic carbocycles. The second-order valence-electron chi connectivity index (χ2n) is 6.77. The standard InChI is InChI=1S/C16H29N3O2S2.HI/c1-13(14-7-6-9-22-14)11-18-15(17-4)19-12-16(2,3)8-10-23(5,20)21;/h6-7,9,13H,8,10-12H2,1-5H3,(H2,17,18,19);1H. The first-order valence-corrected chi connectivity index (χ1v) is 10.7. The number of rotatable bonds is 8. The fraction of sp³-hybridized carbons (Fsp3) is 0.688. The van der Waals surface area contributed by atoms with Crippen LogP contribution in [0.15, 0.2) is 22.5 Å². The van der Waals surface area contributed by atoms with Gasteiger partial charge in [-0.25, -0.2) is 8.42 Å². The predicted octanol–water partition coefficient (Wildman–Crippen LogP) is 3.10. The van der Waals surface area contributed by atoms with Gasteiger partial charge < -0.3 is 10.6 Å². The molecule has 0 aliphatic heterocycles. The highest BCUT2D eigenvalue weighted by Crippen LogP contribution is 2.20. The molecular weight excluding hydrogens is 457 g/mol. The summed E-state index contributed by atoms with van der Waals surface area (Å²) in [4.78, 5) is 5.58. The molecule has 1 heterocycles. The largest absolute Gasteiger partial charge is 0.356 e. The minimum Gasteiger partial charge on any atom is -0.356 e.